The van der Waals surface area contributed by atoms with Crippen molar-refractivity contribution in [1.82, 2.24) is 4.98 Å². The summed E-state index contributed by atoms with van der Waals surface area (Å²) in [5.41, 5.74) is 0.106. The molecule has 0 saturated carbocycles. The van der Waals surface area contributed by atoms with Gasteiger partial charge in [-0.1, -0.05) is 15.9 Å². The molecule has 1 N–H and O–H groups in total. The third-order valence-electron chi connectivity index (χ3n) is 2.27. The number of rotatable bonds is 3. The molecule has 2 aromatic rings. The van der Waals surface area contributed by atoms with E-state index < -0.39 is 5.97 Å². The van der Waals surface area contributed by atoms with E-state index in [1.165, 1.54) is 18.3 Å². The van der Waals surface area contributed by atoms with Crippen molar-refractivity contribution in [3.63, 3.8) is 0 Å². The maximum absolute atomic E-state index is 11.1. The number of aromatic carboxylic acids is 1. The number of hydrogen-bond donors (Lipinski definition) is 1. The Kier molecular flexibility index (Phi) is 3.78. The largest absolute Gasteiger partial charge is 0.478 e. The van der Waals surface area contributed by atoms with Gasteiger partial charge < -0.3 is 9.84 Å². The van der Waals surface area contributed by atoms with Crippen LogP contribution in [-0.2, 0) is 0 Å². The maximum atomic E-state index is 11.1. The van der Waals surface area contributed by atoms with Crippen LogP contribution in [0, 0.1) is 11.3 Å². The quantitative estimate of drug-likeness (QED) is 0.939. The number of nitrogens with zero attached hydrogens (tertiary/aromatic N) is 2. The van der Waals surface area contributed by atoms with Gasteiger partial charge in [-0.2, -0.15) is 5.26 Å². The normalized spacial score (nSPS) is 9.68. The molecular weight excluding hydrogens is 312 g/mol. The Morgan fingerprint density at radius 1 is 1.37 bits per heavy atom. The van der Waals surface area contributed by atoms with Crippen molar-refractivity contribution in [2.24, 2.45) is 0 Å². The van der Waals surface area contributed by atoms with Gasteiger partial charge in [-0.3, -0.25) is 0 Å². The SMILES string of the molecule is N#Cc1ncccc1Oc1cc(Br)ccc1C(=O)O. The highest BCUT2D eigenvalue weighted by Crippen LogP contribution is 2.29. The van der Waals surface area contributed by atoms with E-state index in [0.717, 1.165) is 0 Å². The van der Waals surface area contributed by atoms with Crippen LogP contribution in [0.4, 0.5) is 0 Å². The van der Waals surface area contributed by atoms with Gasteiger partial charge in [0.2, 0.25) is 0 Å². The van der Waals surface area contributed by atoms with E-state index in [9.17, 15) is 4.79 Å². The standard InChI is InChI=1S/C13H7BrN2O3/c14-8-3-4-9(13(17)18)12(6-8)19-11-2-1-5-16-10(11)7-15/h1-6H,(H,17,18). The Morgan fingerprint density at radius 3 is 2.84 bits per heavy atom. The number of hydrogen-bond acceptors (Lipinski definition) is 4. The highest BCUT2D eigenvalue weighted by molar-refractivity contribution is 9.10. The fourth-order valence-corrected chi connectivity index (χ4v) is 1.77. The van der Waals surface area contributed by atoms with Crippen molar-refractivity contribution in [2.75, 3.05) is 0 Å². The molecule has 19 heavy (non-hydrogen) atoms. The van der Waals surface area contributed by atoms with Crippen LogP contribution in [-0.4, -0.2) is 16.1 Å². The van der Waals surface area contributed by atoms with E-state index in [2.05, 4.69) is 20.9 Å². The average molecular weight is 319 g/mol. The van der Waals surface area contributed by atoms with E-state index in [-0.39, 0.29) is 22.8 Å². The Morgan fingerprint density at radius 2 is 2.16 bits per heavy atom. The molecule has 1 heterocycles. The number of carbonyl (C=O) groups is 1. The minimum absolute atomic E-state index is 0.0101. The lowest BCUT2D eigenvalue weighted by Crippen LogP contribution is -2.01. The van der Waals surface area contributed by atoms with Gasteiger partial charge in [0, 0.05) is 10.7 Å². The van der Waals surface area contributed by atoms with E-state index in [1.807, 2.05) is 6.07 Å². The van der Waals surface area contributed by atoms with Gasteiger partial charge in [-0.05, 0) is 30.3 Å². The molecule has 94 valence electrons. The van der Waals surface area contributed by atoms with E-state index >= 15 is 0 Å². The van der Waals surface area contributed by atoms with Crippen molar-refractivity contribution in [2.45, 2.75) is 0 Å². The summed E-state index contributed by atoms with van der Waals surface area (Å²) in [7, 11) is 0. The molecule has 0 aliphatic heterocycles. The van der Waals surface area contributed by atoms with Gasteiger partial charge in [0.25, 0.3) is 0 Å². The second-order valence-electron chi connectivity index (χ2n) is 3.51. The Balaban J connectivity index is 2.46. The van der Waals surface area contributed by atoms with Gasteiger partial charge in [0.1, 0.15) is 17.4 Å². The molecule has 0 radical (unpaired) electrons. The summed E-state index contributed by atoms with van der Waals surface area (Å²) in [6.07, 6.45) is 1.46. The van der Waals surface area contributed by atoms with Crippen molar-refractivity contribution in [1.29, 1.82) is 5.26 Å². The van der Waals surface area contributed by atoms with Crippen molar-refractivity contribution in [3.05, 3.63) is 52.3 Å². The monoisotopic (exact) mass is 318 g/mol. The third kappa shape index (κ3) is 2.89. The van der Waals surface area contributed by atoms with Gasteiger partial charge in [-0.15, -0.1) is 0 Å². The predicted octanol–water partition coefficient (Wildman–Crippen LogP) is 3.21. The smallest absolute Gasteiger partial charge is 0.339 e. The van der Waals surface area contributed by atoms with E-state index in [0.29, 0.717) is 4.47 Å². The van der Waals surface area contributed by atoms with Crippen LogP contribution in [0.25, 0.3) is 0 Å². The number of carboxylic acids is 1. The van der Waals surface area contributed by atoms with E-state index in [1.54, 1.807) is 18.2 Å². The Labute approximate surface area is 117 Å². The molecule has 0 saturated heterocycles. The van der Waals surface area contributed by atoms with Crippen molar-refractivity contribution in [3.8, 4) is 17.6 Å². The van der Waals surface area contributed by atoms with Crippen LogP contribution in [0.15, 0.2) is 41.0 Å². The van der Waals surface area contributed by atoms with Crippen molar-refractivity contribution >= 4 is 21.9 Å². The second kappa shape index (κ2) is 5.50. The number of ether oxygens (including phenoxy) is 1. The second-order valence-corrected chi connectivity index (χ2v) is 4.43. The molecule has 0 atom stereocenters. The highest BCUT2D eigenvalue weighted by Gasteiger charge is 2.14. The summed E-state index contributed by atoms with van der Waals surface area (Å²) in [6.45, 7) is 0. The van der Waals surface area contributed by atoms with Crippen LogP contribution < -0.4 is 4.74 Å². The van der Waals surface area contributed by atoms with Gasteiger partial charge in [-0.25, -0.2) is 9.78 Å². The zero-order valence-electron chi connectivity index (χ0n) is 9.50. The summed E-state index contributed by atoms with van der Waals surface area (Å²) in [5.74, 6) is -0.748. The summed E-state index contributed by atoms with van der Waals surface area (Å²) in [5, 5.41) is 18.0. The highest BCUT2D eigenvalue weighted by atomic mass is 79.9. The number of aromatic nitrogens is 1. The number of benzene rings is 1. The number of halogens is 1. The van der Waals surface area contributed by atoms with Crippen molar-refractivity contribution < 1.29 is 14.6 Å². The number of nitriles is 1. The fourth-order valence-electron chi connectivity index (χ4n) is 1.43. The molecule has 1 aromatic heterocycles. The minimum Gasteiger partial charge on any atom is -0.478 e. The summed E-state index contributed by atoms with van der Waals surface area (Å²) < 4.78 is 6.15. The first-order valence-corrected chi connectivity index (χ1v) is 5.97. The zero-order chi connectivity index (χ0) is 13.8. The maximum Gasteiger partial charge on any atom is 0.339 e. The lowest BCUT2D eigenvalue weighted by Gasteiger charge is -2.09. The first-order valence-electron chi connectivity index (χ1n) is 5.17. The molecule has 0 unspecified atom stereocenters. The summed E-state index contributed by atoms with van der Waals surface area (Å²) >= 11 is 3.24. The third-order valence-corrected chi connectivity index (χ3v) is 2.76. The predicted molar refractivity (Wildman–Crippen MR) is 70.1 cm³/mol. The van der Waals surface area contributed by atoms with E-state index in [4.69, 9.17) is 15.1 Å². The van der Waals surface area contributed by atoms with Crippen LogP contribution in [0.2, 0.25) is 0 Å². The number of carboxylic acid groups (broad SMARTS) is 1. The molecule has 0 spiro atoms. The summed E-state index contributed by atoms with van der Waals surface area (Å²) in [6, 6.07) is 9.59. The first-order chi connectivity index (χ1) is 9.11. The molecule has 2 rings (SSSR count). The first kappa shape index (κ1) is 13.1. The molecular formula is C13H7BrN2O3. The van der Waals surface area contributed by atoms with Crippen LogP contribution in [0.3, 0.4) is 0 Å². The van der Waals surface area contributed by atoms with Gasteiger partial charge in [0.15, 0.2) is 11.4 Å². The van der Waals surface area contributed by atoms with Crippen LogP contribution in [0.5, 0.6) is 11.5 Å². The molecule has 1 aromatic carbocycles. The molecule has 0 bridgehead atoms. The van der Waals surface area contributed by atoms with Gasteiger partial charge >= 0.3 is 5.97 Å². The van der Waals surface area contributed by atoms with Gasteiger partial charge in [0.05, 0.1) is 0 Å². The lowest BCUT2D eigenvalue weighted by molar-refractivity contribution is 0.0694. The molecule has 0 fully saturated rings. The zero-order valence-corrected chi connectivity index (χ0v) is 11.1. The molecule has 0 aliphatic rings. The summed E-state index contributed by atoms with van der Waals surface area (Å²) in [4.78, 5) is 14.9. The fraction of sp³-hybridized carbons (Fsp3) is 0. The Hall–Kier alpha value is -2.39. The van der Waals surface area contributed by atoms with Crippen LogP contribution >= 0.6 is 15.9 Å². The lowest BCUT2D eigenvalue weighted by atomic mass is 10.2. The molecule has 0 amide bonds. The molecule has 5 nitrogen and oxygen atoms in total. The van der Waals surface area contributed by atoms with Crippen LogP contribution in [0.1, 0.15) is 16.1 Å². The topological polar surface area (TPSA) is 83.2 Å². The average Bonchev–Trinajstić information content (AvgIpc) is 2.39. The molecule has 0 aliphatic carbocycles. The minimum atomic E-state index is -1.11. The molecule has 6 heteroatoms. The Bertz CT molecular complexity index is 680. The number of pyridine rings is 1.